The Morgan fingerprint density at radius 3 is 2.43 bits per heavy atom. The van der Waals surface area contributed by atoms with E-state index in [1.165, 1.54) is 13.0 Å². The van der Waals surface area contributed by atoms with E-state index in [0.717, 1.165) is 0 Å². The second kappa shape index (κ2) is 7.68. The summed E-state index contributed by atoms with van der Waals surface area (Å²) in [6.45, 7) is 4.81. The largest absolute Gasteiger partial charge is 0.480 e. The molecule has 1 rings (SSSR count). The lowest BCUT2D eigenvalue weighted by Gasteiger charge is -2.14. The molecular weight excluding hydrogens is 274 g/mol. The van der Waals surface area contributed by atoms with Gasteiger partial charge in [0.15, 0.2) is 0 Å². The molecule has 0 aliphatic carbocycles. The van der Waals surface area contributed by atoms with Gasteiger partial charge in [-0.3, -0.25) is 4.79 Å². The Hall–Kier alpha value is -2.83. The number of carboxylic acids is 1. The Morgan fingerprint density at radius 1 is 1.29 bits per heavy atom. The molecule has 0 spiro atoms. The number of anilines is 2. The number of carboxylic acid groups (broad SMARTS) is 1. The minimum absolute atomic E-state index is 0.120. The van der Waals surface area contributed by atoms with Crippen molar-refractivity contribution in [3.63, 3.8) is 0 Å². The maximum absolute atomic E-state index is 11.7. The zero-order valence-electron chi connectivity index (χ0n) is 11.6. The third kappa shape index (κ3) is 5.77. The number of hydrogen-bond acceptors (Lipinski definition) is 3. The molecule has 0 aliphatic heterocycles. The number of rotatable bonds is 6. The summed E-state index contributed by atoms with van der Waals surface area (Å²) in [7, 11) is 0. The fraction of sp³-hybridized carbons (Fsp3) is 0.214. The van der Waals surface area contributed by atoms with E-state index in [0.29, 0.717) is 11.4 Å². The third-order valence-corrected chi connectivity index (χ3v) is 2.45. The van der Waals surface area contributed by atoms with Gasteiger partial charge in [0.1, 0.15) is 6.04 Å². The highest BCUT2D eigenvalue weighted by Crippen LogP contribution is 2.14. The Kier molecular flexibility index (Phi) is 5.94. The van der Waals surface area contributed by atoms with E-state index in [1.54, 1.807) is 24.3 Å². The van der Waals surface area contributed by atoms with E-state index in [9.17, 15) is 14.4 Å². The molecule has 0 fully saturated rings. The summed E-state index contributed by atoms with van der Waals surface area (Å²) in [5, 5.41) is 16.3. The van der Waals surface area contributed by atoms with Crippen LogP contribution in [0.1, 0.15) is 13.3 Å². The molecule has 7 heteroatoms. The van der Waals surface area contributed by atoms with E-state index in [4.69, 9.17) is 5.11 Å². The van der Waals surface area contributed by atoms with Crippen LogP contribution in [-0.2, 0) is 9.59 Å². The molecule has 0 saturated heterocycles. The lowest BCUT2D eigenvalue weighted by Crippen LogP contribution is -2.42. The molecule has 0 heterocycles. The lowest BCUT2D eigenvalue weighted by atomic mass is 10.2. The fourth-order valence-electron chi connectivity index (χ4n) is 1.59. The SMILES string of the molecule is C=CCC(NC(=O)Nc1cccc(NC(C)=O)c1)C(=O)O. The lowest BCUT2D eigenvalue weighted by molar-refractivity contribution is -0.139. The summed E-state index contributed by atoms with van der Waals surface area (Å²) in [5.74, 6) is -1.37. The monoisotopic (exact) mass is 291 g/mol. The van der Waals surface area contributed by atoms with Crippen molar-refractivity contribution in [1.82, 2.24) is 5.32 Å². The first-order chi connectivity index (χ1) is 9.92. The summed E-state index contributed by atoms with van der Waals surface area (Å²) >= 11 is 0. The van der Waals surface area contributed by atoms with Gasteiger partial charge >= 0.3 is 12.0 Å². The quantitative estimate of drug-likeness (QED) is 0.599. The van der Waals surface area contributed by atoms with Crippen LogP contribution in [0.25, 0.3) is 0 Å². The second-order valence-electron chi connectivity index (χ2n) is 4.28. The van der Waals surface area contributed by atoms with Crippen LogP contribution < -0.4 is 16.0 Å². The molecule has 0 radical (unpaired) electrons. The van der Waals surface area contributed by atoms with Gasteiger partial charge in [0.25, 0.3) is 0 Å². The Bertz CT molecular complexity index is 557. The highest BCUT2D eigenvalue weighted by Gasteiger charge is 2.18. The van der Waals surface area contributed by atoms with Crippen molar-refractivity contribution in [3.05, 3.63) is 36.9 Å². The van der Waals surface area contributed by atoms with Crippen molar-refractivity contribution in [2.24, 2.45) is 0 Å². The predicted molar refractivity (Wildman–Crippen MR) is 79.1 cm³/mol. The molecule has 21 heavy (non-hydrogen) atoms. The molecule has 3 amide bonds. The minimum atomic E-state index is -1.14. The van der Waals surface area contributed by atoms with Crippen LogP contribution in [0.5, 0.6) is 0 Å². The van der Waals surface area contributed by atoms with Crippen LogP contribution in [0.3, 0.4) is 0 Å². The smallest absolute Gasteiger partial charge is 0.326 e. The van der Waals surface area contributed by atoms with Crippen molar-refractivity contribution in [2.45, 2.75) is 19.4 Å². The summed E-state index contributed by atoms with van der Waals surface area (Å²) in [6, 6.07) is 4.81. The van der Waals surface area contributed by atoms with Crippen molar-refractivity contribution < 1.29 is 19.5 Å². The summed E-state index contributed by atoms with van der Waals surface area (Å²) < 4.78 is 0. The zero-order valence-corrected chi connectivity index (χ0v) is 11.6. The standard InChI is InChI=1S/C14H17N3O4/c1-3-5-12(13(19)20)17-14(21)16-11-7-4-6-10(8-11)15-9(2)18/h3-4,6-8,12H,1,5H2,2H3,(H,15,18)(H,19,20)(H2,16,17,21). The number of benzene rings is 1. The second-order valence-corrected chi connectivity index (χ2v) is 4.28. The van der Waals surface area contributed by atoms with Gasteiger partial charge in [-0.2, -0.15) is 0 Å². The molecule has 7 nitrogen and oxygen atoms in total. The Balaban J connectivity index is 2.67. The number of urea groups is 1. The summed E-state index contributed by atoms with van der Waals surface area (Å²) in [5.41, 5.74) is 0.961. The van der Waals surface area contributed by atoms with Gasteiger partial charge in [-0.15, -0.1) is 6.58 Å². The Morgan fingerprint density at radius 2 is 1.90 bits per heavy atom. The van der Waals surface area contributed by atoms with Crippen molar-refractivity contribution in [1.29, 1.82) is 0 Å². The third-order valence-electron chi connectivity index (χ3n) is 2.45. The molecule has 0 aromatic heterocycles. The Labute approximate surface area is 122 Å². The molecule has 4 N–H and O–H groups in total. The van der Waals surface area contributed by atoms with Crippen LogP contribution in [0.2, 0.25) is 0 Å². The molecule has 0 bridgehead atoms. The van der Waals surface area contributed by atoms with Crippen molar-refractivity contribution >= 4 is 29.3 Å². The van der Waals surface area contributed by atoms with Gasteiger partial charge in [-0.25, -0.2) is 9.59 Å². The van der Waals surface area contributed by atoms with Gasteiger partial charge in [0, 0.05) is 18.3 Å². The molecule has 0 aliphatic rings. The van der Waals surface area contributed by atoms with Gasteiger partial charge < -0.3 is 21.1 Å². The van der Waals surface area contributed by atoms with Crippen LogP contribution in [0, 0.1) is 0 Å². The molecule has 0 saturated carbocycles. The first-order valence-corrected chi connectivity index (χ1v) is 6.21. The van der Waals surface area contributed by atoms with E-state index in [2.05, 4.69) is 22.5 Å². The van der Waals surface area contributed by atoms with E-state index < -0.39 is 18.0 Å². The number of aliphatic carboxylic acids is 1. The average Bonchev–Trinajstić information content (AvgIpc) is 2.37. The van der Waals surface area contributed by atoms with Gasteiger partial charge in [-0.05, 0) is 24.6 Å². The first kappa shape index (κ1) is 16.2. The maximum atomic E-state index is 11.7. The van der Waals surface area contributed by atoms with E-state index in [-0.39, 0.29) is 12.3 Å². The van der Waals surface area contributed by atoms with Gasteiger partial charge in [0.05, 0.1) is 0 Å². The van der Waals surface area contributed by atoms with Crippen molar-refractivity contribution in [2.75, 3.05) is 10.6 Å². The molecule has 1 aromatic rings. The molecule has 1 unspecified atom stereocenters. The molecule has 1 aromatic carbocycles. The molecule has 112 valence electrons. The highest BCUT2D eigenvalue weighted by molar-refractivity contribution is 5.94. The number of carbonyl (C=O) groups excluding carboxylic acids is 2. The van der Waals surface area contributed by atoms with E-state index >= 15 is 0 Å². The average molecular weight is 291 g/mol. The fourth-order valence-corrected chi connectivity index (χ4v) is 1.59. The number of amides is 3. The predicted octanol–water partition coefficient (Wildman–Crippen LogP) is 1.80. The van der Waals surface area contributed by atoms with Crippen LogP contribution in [0.4, 0.5) is 16.2 Å². The van der Waals surface area contributed by atoms with Crippen molar-refractivity contribution in [3.8, 4) is 0 Å². The van der Waals surface area contributed by atoms with Gasteiger partial charge in [-0.1, -0.05) is 12.1 Å². The highest BCUT2D eigenvalue weighted by atomic mass is 16.4. The number of nitrogens with one attached hydrogen (secondary N) is 3. The topological polar surface area (TPSA) is 108 Å². The van der Waals surface area contributed by atoms with E-state index in [1.807, 2.05) is 0 Å². The summed E-state index contributed by atoms with van der Waals surface area (Å²) in [4.78, 5) is 33.6. The van der Waals surface area contributed by atoms with Crippen LogP contribution in [0.15, 0.2) is 36.9 Å². The van der Waals surface area contributed by atoms with Crippen LogP contribution >= 0.6 is 0 Å². The minimum Gasteiger partial charge on any atom is -0.480 e. The maximum Gasteiger partial charge on any atom is 0.326 e. The normalized spacial score (nSPS) is 11.1. The zero-order chi connectivity index (χ0) is 15.8. The molecular formula is C14H17N3O4. The number of hydrogen-bond donors (Lipinski definition) is 4. The number of carbonyl (C=O) groups is 3. The summed E-state index contributed by atoms with van der Waals surface area (Å²) in [6.07, 6.45) is 1.53. The van der Waals surface area contributed by atoms with Gasteiger partial charge in [0.2, 0.25) is 5.91 Å². The van der Waals surface area contributed by atoms with Crippen LogP contribution in [-0.4, -0.2) is 29.1 Å². The molecule has 1 atom stereocenters. The first-order valence-electron chi connectivity index (χ1n) is 6.21.